The van der Waals surface area contributed by atoms with Gasteiger partial charge in [-0.1, -0.05) is 0 Å². The second-order valence-corrected chi connectivity index (χ2v) is 6.00. The van der Waals surface area contributed by atoms with E-state index in [9.17, 15) is 16.8 Å². The van der Waals surface area contributed by atoms with Crippen molar-refractivity contribution in [2.24, 2.45) is 0 Å². The van der Waals surface area contributed by atoms with Crippen molar-refractivity contribution < 1.29 is 16.8 Å². The molecule has 0 aromatic rings. The molecule has 0 aliphatic rings. The molecule has 0 heterocycles. The van der Waals surface area contributed by atoms with E-state index in [0.717, 1.165) is 0 Å². The molecule has 0 unspecified atom stereocenters. The van der Waals surface area contributed by atoms with Crippen molar-refractivity contribution in [3.63, 3.8) is 0 Å². The van der Waals surface area contributed by atoms with Crippen molar-refractivity contribution in [1.29, 1.82) is 5.41 Å². The van der Waals surface area contributed by atoms with Crippen molar-refractivity contribution in [1.82, 2.24) is 0 Å². The van der Waals surface area contributed by atoms with Crippen LogP contribution in [0.2, 0.25) is 0 Å². The molecule has 0 amide bonds. The summed E-state index contributed by atoms with van der Waals surface area (Å²) in [5.74, 6) is 0. The number of sulfone groups is 2. The highest BCUT2D eigenvalue weighted by molar-refractivity contribution is 8.30. The van der Waals surface area contributed by atoms with Crippen LogP contribution in [0.15, 0.2) is 0 Å². The van der Waals surface area contributed by atoms with Crippen LogP contribution in [-0.4, -0.2) is 33.7 Å². The van der Waals surface area contributed by atoms with Crippen LogP contribution in [0.3, 0.4) is 0 Å². The molecule has 0 radical (unpaired) electrons. The van der Waals surface area contributed by atoms with E-state index in [1.807, 2.05) is 0 Å². The van der Waals surface area contributed by atoms with Gasteiger partial charge in [-0.2, -0.15) is 0 Å². The molecule has 7 heteroatoms. The van der Waals surface area contributed by atoms with Crippen molar-refractivity contribution in [2.45, 2.75) is 0 Å². The Hall–Kier alpha value is -0.430. The summed E-state index contributed by atoms with van der Waals surface area (Å²) in [7, 11) is -7.73. The summed E-state index contributed by atoms with van der Waals surface area (Å²) in [5.41, 5.74) is 0. The Balaban J connectivity index is 5.16. The quantitative estimate of drug-likeness (QED) is 0.387. The lowest BCUT2D eigenvalue weighted by atomic mass is 11.7. The van der Waals surface area contributed by atoms with Gasteiger partial charge in [-0.05, 0) is 0 Å². The van der Waals surface area contributed by atoms with Gasteiger partial charge in [0.05, 0.1) is 0 Å². The Bertz CT molecular complexity index is 301. The first kappa shape index (κ1) is 9.57. The molecule has 0 atom stereocenters. The van der Waals surface area contributed by atoms with Crippen LogP contribution in [0.25, 0.3) is 0 Å². The summed E-state index contributed by atoms with van der Waals surface area (Å²) in [6, 6.07) is 0. The zero-order valence-corrected chi connectivity index (χ0v) is 7.08. The molecule has 1 N–H and O–H groups in total. The highest BCUT2D eigenvalue weighted by Gasteiger charge is 2.21. The summed E-state index contributed by atoms with van der Waals surface area (Å²) < 4.78 is 40.3. The van der Waals surface area contributed by atoms with Crippen LogP contribution in [0.5, 0.6) is 0 Å². The average Bonchev–Trinajstić information content (AvgIpc) is 1.59. The first-order valence-electron chi connectivity index (χ1n) is 2.14. The van der Waals surface area contributed by atoms with Gasteiger partial charge in [0, 0.05) is 12.5 Å². The Morgan fingerprint density at radius 3 is 1.20 bits per heavy atom. The molecule has 0 aliphatic carbocycles. The van der Waals surface area contributed by atoms with E-state index >= 15 is 0 Å². The molecule has 0 saturated heterocycles. The van der Waals surface area contributed by atoms with Crippen LogP contribution in [0, 0.1) is 5.41 Å². The maximum atomic E-state index is 10.4. The fourth-order valence-corrected chi connectivity index (χ4v) is 2.47. The lowest BCUT2D eigenvalue weighted by Gasteiger charge is -1.94. The molecule has 0 aromatic heterocycles. The molecule has 0 rings (SSSR count). The zero-order valence-electron chi connectivity index (χ0n) is 5.45. The van der Waals surface area contributed by atoms with Gasteiger partial charge in [0.15, 0.2) is 0 Å². The topological polar surface area (TPSA) is 92.1 Å². The fourth-order valence-electron chi connectivity index (χ4n) is 0.275. The van der Waals surface area contributed by atoms with Gasteiger partial charge in [-0.3, -0.25) is 5.41 Å². The molecule has 10 heavy (non-hydrogen) atoms. The Morgan fingerprint density at radius 1 is 1.00 bits per heavy atom. The molecule has 60 valence electrons. The van der Waals surface area contributed by atoms with Gasteiger partial charge in [-0.25, -0.2) is 16.8 Å². The minimum absolute atomic E-state index is 0.677. The summed E-state index contributed by atoms with van der Waals surface area (Å²) >= 11 is 0. The number of rotatable bonds is 0. The number of hydrogen-bond donors (Lipinski definition) is 1. The lowest BCUT2D eigenvalue weighted by Crippen LogP contribution is -2.20. The first-order valence-corrected chi connectivity index (χ1v) is 5.92. The van der Waals surface area contributed by atoms with Crippen LogP contribution < -0.4 is 0 Å². The highest BCUT2D eigenvalue weighted by Crippen LogP contribution is 1.94. The predicted octanol–water partition coefficient (Wildman–Crippen LogP) is -0.990. The molecule has 0 spiro atoms. The maximum absolute atomic E-state index is 10.4. The van der Waals surface area contributed by atoms with Crippen molar-refractivity contribution in [2.75, 3.05) is 12.5 Å². The summed E-state index contributed by atoms with van der Waals surface area (Å²) in [4.78, 5) is 0. The van der Waals surface area contributed by atoms with E-state index in [4.69, 9.17) is 5.41 Å². The van der Waals surface area contributed by atoms with Gasteiger partial charge in [0.2, 0.25) is 24.1 Å². The van der Waals surface area contributed by atoms with Crippen LogP contribution >= 0.6 is 0 Å². The fraction of sp³-hybridized carbons (Fsp3) is 0.667. The van der Waals surface area contributed by atoms with E-state index < -0.39 is 24.1 Å². The Labute approximate surface area is 59.4 Å². The molecular formula is C3H7NO4S2. The lowest BCUT2D eigenvalue weighted by molar-refractivity contribution is 0.608. The molecule has 0 saturated carbocycles. The first-order chi connectivity index (χ1) is 4.15. The summed E-state index contributed by atoms with van der Waals surface area (Å²) in [6.07, 6.45) is 1.35. The minimum Gasteiger partial charge on any atom is -0.279 e. The third-order valence-corrected chi connectivity index (χ3v) is 3.84. The van der Waals surface area contributed by atoms with Crippen molar-refractivity contribution in [3.05, 3.63) is 0 Å². The monoisotopic (exact) mass is 185 g/mol. The van der Waals surface area contributed by atoms with E-state index in [1.54, 1.807) is 0 Å². The Kier molecular flexibility index (Phi) is 2.21. The van der Waals surface area contributed by atoms with E-state index in [0.29, 0.717) is 12.5 Å². The maximum Gasteiger partial charge on any atom is 0.239 e. The second-order valence-electron chi connectivity index (χ2n) is 1.83. The van der Waals surface area contributed by atoms with Crippen molar-refractivity contribution in [3.8, 4) is 0 Å². The van der Waals surface area contributed by atoms with E-state index in [2.05, 4.69) is 0 Å². The SMILES string of the molecule is CS(=O)(=O)C(=N)S(C)(=O)=O. The van der Waals surface area contributed by atoms with E-state index in [-0.39, 0.29) is 0 Å². The van der Waals surface area contributed by atoms with Gasteiger partial charge >= 0.3 is 0 Å². The highest BCUT2D eigenvalue weighted by atomic mass is 32.3. The largest absolute Gasteiger partial charge is 0.279 e. The van der Waals surface area contributed by atoms with Crippen LogP contribution in [-0.2, 0) is 19.7 Å². The normalized spacial score (nSPS) is 13.0. The smallest absolute Gasteiger partial charge is 0.239 e. The zero-order chi connectivity index (χ0) is 8.58. The molecule has 5 nitrogen and oxygen atoms in total. The van der Waals surface area contributed by atoms with Crippen LogP contribution in [0.1, 0.15) is 0 Å². The van der Waals surface area contributed by atoms with Gasteiger partial charge in [0.25, 0.3) is 0 Å². The molecule has 0 bridgehead atoms. The van der Waals surface area contributed by atoms with Gasteiger partial charge < -0.3 is 0 Å². The minimum atomic E-state index is -3.87. The molecule has 0 fully saturated rings. The van der Waals surface area contributed by atoms with Gasteiger partial charge in [0.1, 0.15) is 0 Å². The standard InChI is InChI=1S/C3H7NO4S2/c1-9(5,6)3(4)10(2,7)8/h4H,1-2H3. The average molecular weight is 185 g/mol. The van der Waals surface area contributed by atoms with E-state index in [1.165, 1.54) is 0 Å². The summed E-state index contributed by atoms with van der Waals surface area (Å²) in [6.45, 7) is 0. The molecular weight excluding hydrogens is 178 g/mol. The number of hydrogen-bond acceptors (Lipinski definition) is 5. The third kappa shape index (κ3) is 2.44. The second kappa shape index (κ2) is 2.31. The van der Waals surface area contributed by atoms with Gasteiger partial charge in [-0.15, -0.1) is 0 Å². The number of nitrogens with one attached hydrogen (secondary N) is 1. The molecule has 0 aromatic carbocycles. The Morgan fingerprint density at radius 2 is 1.20 bits per heavy atom. The predicted molar refractivity (Wildman–Crippen MR) is 37.4 cm³/mol. The summed E-state index contributed by atoms with van der Waals surface area (Å²) in [5, 5.41) is 6.62. The van der Waals surface area contributed by atoms with Crippen molar-refractivity contribution >= 4 is 24.1 Å². The van der Waals surface area contributed by atoms with Crippen LogP contribution in [0.4, 0.5) is 0 Å². The molecule has 0 aliphatic heterocycles. The third-order valence-electron chi connectivity index (χ3n) is 0.674.